The van der Waals surface area contributed by atoms with E-state index in [1.54, 1.807) is 6.92 Å². The normalized spacial score (nSPS) is 19.5. The molecule has 7 nitrogen and oxygen atoms in total. The number of aliphatic carboxylic acids is 1. The lowest BCUT2D eigenvalue weighted by atomic mass is 9.80. The van der Waals surface area contributed by atoms with Gasteiger partial charge in [0.2, 0.25) is 0 Å². The molecule has 0 radical (unpaired) electrons. The third kappa shape index (κ3) is 2.46. The molecule has 0 aromatic heterocycles. The van der Waals surface area contributed by atoms with Crippen LogP contribution >= 0.6 is 0 Å². The van der Waals surface area contributed by atoms with Gasteiger partial charge in [0.25, 0.3) is 11.8 Å². The topological polar surface area (TPSA) is 109 Å². The Labute approximate surface area is 151 Å². The summed E-state index contributed by atoms with van der Waals surface area (Å²) in [5, 5.41) is 9.84. The molecular formula is C18H21NO6S. The lowest BCUT2D eigenvalue weighted by Gasteiger charge is -2.39. The van der Waals surface area contributed by atoms with E-state index in [9.17, 15) is 27.9 Å². The smallest absolute Gasteiger partial charge is 0.330 e. The standard InChI is InChI=1S/C18H21NO6S/c1-3-26(24,25)12-8-7-11(2)13-14(12)16(21)19(15(13)20)18(17(22)23)9-5-4-6-10-18/h7-8H,3-6,9-10H2,1-2H3,(H,22,23). The number of sulfone groups is 1. The Morgan fingerprint density at radius 3 is 2.23 bits per heavy atom. The fourth-order valence-electron chi connectivity index (χ4n) is 3.96. The highest BCUT2D eigenvalue weighted by atomic mass is 32.2. The van der Waals surface area contributed by atoms with E-state index >= 15 is 0 Å². The maximum absolute atomic E-state index is 13.1. The maximum Gasteiger partial charge on any atom is 0.330 e. The molecule has 140 valence electrons. The van der Waals surface area contributed by atoms with Crippen LogP contribution < -0.4 is 0 Å². The van der Waals surface area contributed by atoms with Gasteiger partial charge < -0.3 is 5.11 Å². The lowest BCUT2D eigenvalue weighted by Crippen LogP contribution is -2.58. The highest BCUT2D eigenvalue weighted by Crippen LogP contribution is 2.41. The van der Waals surface area contributed by atoms with Gasteiger partial charge in [0.05, 0.1) is 21.8 Å². The van der Waals surface area contributed by atoms with Gasteiger partial charge >= 0.3 is 5.97 Å². The van der Waals surface area contributed by atoms with Gasteiger partial charge in [-0.05, 0) is 31.4 Å². The number of benzene rings is 1. The fraction of sp³-hybridized carbons (Fsp3) is 0.500. The maximum atomic E-state index is 13.1. The molecule has 1 aromatic carbocycles. The predicted molar refractivity (Wildman–Crippen MR) is 92.9 cm³/mol. The van der Waals surface area contributed by atoms with Crippen LogP contribution in [0.5, 0.6) is 0 Å². The van der Waals surface area contributed by atoms with Crippen LogP contribution in [0.25, 0.3) is 0 Å². The molecule has 26 heavy (non-hydrogen) atoms. The van der Waals surface area contributed by atoms with Crippen LogP contribution in [0.1, 0.15) is 65.3 Å². The average molecular weight is 379 g/mol. The van der Waals surface area contributed by atoms with E-state index in [-0.39, 0.29) is 34.6 Å². The number of carboxylic acid groups (broad SMARTS) is 1. The Balaban J connectivity index is 2.24. The molecule has 0 spiro atoms. The molecule has 1 heterocycles. The van der Waals surface area contributed by atoms with Gasteiger partial charge in [-0.1, -0.05) is 32.3 Å². The van der Waals surface area contributed by atoms with E-state index in [1.807, 2.05) is 0 Å². The highest BCUT2D eigenvalue weighted by Gasteiger charge is 2.55. The van der Waals surface area contributed by atoms with E-state index in [0.717, 1.165) is 11.3 Å². The van der Waals surface area contributed by atoms with Gasteiger partial charge in [0, 0.05) is 0 Å². The highest BCUT2D eigenvalue weighted by molar-refractivity contribution is 7.91. The molecule has 1 aromatic rings. The molecule has 1 fully saturated rings. The van der Waals surface area contributed by atoms with E-state index in [4.69, 9.17) is 0 Å². The van der Waals surface area contributed by atoms with Crippen molar-refractivity contribution in [3.05, 3.63) is 28.8 Å². The molecule has 1 saturated carbocycles. The molecule has 2 amide bonds. The first-order valence-corrected chi connectivity index (χ1v) is 10.3. The summed E-state index contributed by atoms with van der Waals surface area (Å²) in [4.78, 5) is 38.9. The summed E-state index contributed by atoms with van der Waals surface area (Å²) < 4.78 is 24.8. The monoisotopic (exact) mass is 379 g/mol. The van der Waals surface area contributed by atoms with Crippen LogP contribution in [-0.4, -0.2) is 47.5 Å². The van der Waals surface area contributed by atoms with Crippen LogP contribution in [0.2, 0.25) is 0 Å². The zero-order valence-electron chi connectivity index (χ0n) is 14.7. The number of aryl methyl sites for hydroxylation is 1. The minimum Gasteiger partial charge on any atom is -0.479 e. The number of hydrogen-bond acceptors (Lipinski definition) is 5. The number of carbonyl (C=O) groups is 3. The lowest BCUT2D eigenvalue weighted by molar-refractivity contribution is -0.150. The number of rotatable bonds is 4. The van der Waals surface area contributed by atoms with E-state index < -0.39 is 33.2 Å². The van der Waals surface area contributed by atoms with Gasteiger partial charge in [0.1, 0.15) is 5.54 Å². The number of carboxylic acids is 1. The first-order chi connectivity index (χ1) is 12.2. The van der Waals surface area contributed by atoms with Crippen LogP contribution in [0.4, 0.5) is 0 Å². The number of hydrogen-bond donors (Lipinski definition) is 1. The summed E-state index contributed by atoms with van der Waals surface area (Å²) in [7, 11) is -3.74. The van der Waals surface area contributed by atoms with Crippen molar-refractivity contribution in [2.75, 3.05) is 5.75 Å². The minimum absolute atomic E-state index is 0.00993. The summed E-state index contributed by atoms with van der Waals surface area (Å²) >= 11 is 0. The summed E-state index contributed by atoms with van der Waals surface area (Å²) in [6.45, 7) is 3.07. The molecule has 0 bridgehead atoms. The van der Waals surface area contributed by atoms with Crippen LogP contribution in [0.3, 0.4) is 0 Å². The van der Waals surface area contributed by atoms with Crippen molar-refractivity contribution in [3.8, 4) is 0 Å². The van der Waals surface area contributed by atoms with Crippen molar-refractivity contribution in [2.24, 2.45) is 0 Å². The summed E-state index contributed by atoms with van der Waals surface area (Å²) in [6.07, 6.45) is 2.40. The number of carbonyl (C=O) groups excluding carboxylic acids is 2. The van der Waals surface area contributed by atoms with Crippen molar-refractivity contribution < 1.29 is 27.9 Å². The van der Waals surface area contributed by atoms with Gasteiger partial charge in [-0.25, -0.2) is 13.2 Å². The third-order valence-electron chi connectivity index (χ3n) is 5.43. The van der Waals surface area contributed by atoms with Crippen LogP contribution in [-0.2, 0) is 14.6 Å². The first-order valence-electron chi connectivity index (χ1n) is 8.66. The Morgan fingerprint density at radius 2 is 1.69 bits per heavy atom. The first kappa shape index (κ1) is 18.6. The number of nitrogens with zero attached hydrogens (tertiary/aromatic N) is 1. The van der Waals surface area contributed by atoms with Crippen molar-refractivity contribution in [2.45, 2.75) is 56.4 Å². The van der Waals surface area contributed by atoms with Crippen LogP contribution in [0, 0.1) is 6.92 Å². The summed E-state index contributed by atoms with van der Waals surface area (Å²) in [6, 6.07) is 2.82. The van der Waals surface area contributed by atoms with Crippen molar-refractivity contribution in [1.29, 1.82) is 0 Å². The SMILES string of the molecule is CCS(=O)(=O)c1ccc(C)c2c1C(=O)N(C1(C(=O)O)CCCCC1)C2=O. The number of fused-ring (bicyclic) bond motifs is 1. The largest absolute Gasteiger partial charge is 0.479 e. The molecule has 1 N–H and O–H groups in total. The van der Waals surface area contributed by atoms with E-state index in [1.165, 1.54) is 19.1 Å². The second kappa shape index (κ2) is 6.19. The Kier molecular flexibility index (Phi) is 4.42. The van der Waals surface area contributed by atoms with Crippen molar-refractivity contribution >= 4 is 27.6 Å². The molecule has 1 aliphatic carbocycles. The molecule has 3 rings (SSSR count). The van der Waals surface area contributed by atoms with Crippen LogP contribution in [0.15, 0.2) is 17.0 Å². The molecule has 2 aliphatic rings. The van der Waals surface area contributed by atoms with Crippen molar-refractivity contribution in [1.82, 2.24) is 4.90 Å². The molecule has 0 unspecified atom stereocenters. The molecular weight excluding hydrogens is 358 g/mol. The Hall–Kier alpha value is -2.22. The van der Waals surface area contributed by atoms with Gasteiger partial charge in [-0.3, -0.25) is 14.5 Å². The predicted octanol–water partition coefficient (Wildman–Crippen LogP) is 2.17. The van der Waals surface area contributed by atoms with E-state index in [0.29, 0.717) is 18.4 Å². The molecule has 8 heteroatoms. The second-order valence-corrected chi connectivity index (χ2v) is 9.12. The zero-order chi connectivity index (χ0) is 19.3. The van der Waals surface area contributed by atoms with Gasteiger partial charge in [0.15, 0.2) is 9.84 Å². The summed E-state index contributed by atoms with van der Waals surface area (Å²) in [5.41, 5.74) is -1.31. The molecule has 0 atom stereocenters. The third-order valence-corrected chi connectivity index (χ3v) is 7.20. The Morgan fingerprint density at radius 1 is 1.12 bits per heavy atom. The minimum atomic E-state index is -3.74. The zero-order valence-corrected chi connectivity index (χ0v) is 15.6. The number of imide groups is 1. The second-order valence-electron chi connectivity index (χ2n) is 6.88. The molecule has 1 aliphatic heterocycles. The summed E-state index contributed by atoms with van der Waals surface area (Å²) in [5.74, 6) is -2.96. The fourth-order valence-corrected chi connectivity index (χ4v) is 5.05. The number of amides is 2. The van der Waals surface area contributed by atoms with Crippen molar-refractivity contribution in [3.63, 3.8) is 0 Å². The van der Waals surface area contributed by atoms with Gasteiger partial charge in [-0.15, -0.1) is 0 Å². The quantitative estimate of drug-likeness (QED) is 0.803. The van der Waals surface area contributed by atoms with Gasteiger partial charge in [-0.2, -0.15) is 0 Å². The Bertz CT molecular complexity index is 912. The average Bonchev–Trinajstić information content (AvgIpc) is 2.88. The molecule has 0 saturated heterocycles. The van der Waals surface area contributed by atoms with E-state index in [2.05, 4.69) is 0 Å².